The monoisotopic (exact) mass is 977 g/mol. The van der Waals surface area contributed by atoms with E-state index < -0.39 is 12.1 Å². The highest BCUT2D eigenvalue weighted by molar-refractivity contribution is 5.72. The Kier molecular flexibility index (Phi) is 55.8. The van der Waals surface area contributed by atoms with Gasteiger partial charge in [0, 0.05) is 12.8 Å². The number of hydrogen-bond donors (Lipinski definition) is 0. The minimum Gasteiger partial charge on any atom is -0.462 e. The normalized spacial score (nSPS) is 12.6. The molecule has 0 bridgehead atoms. The SMILES string of the molecule is CC/C=C\C/C=C\C/C=C\C/C=C\C/C=C\CC(=O)OC(COC(=O)CCCCCCC/C=C\CCCCCCC)COC(=O)CCCCCCCCCCCCCCCCCCCCCCCCC. The van der Waals surface area contributed by atoms with E-state index in [0.29, 0.717) is 12.8 Å². The molecule has 0 saturated carbocycles. The highest BCUT2D eigenvalue weighted by Crippen LogP contribution is 2.17. The van der Waals surface area contributed by atoms with Crippen LogP contribution in [0.5, 0.6) is 0 Å². The molecule has 1 unspecified atom stereocenters. The summed E-state index contributed by atoms with van der Waals surface area (Å²) in [5, 5.41) is 0. The van der Waals surface area contributed by atoms with Crippen LogP contribution in [0.3, 0.4) is 0 Å². The number of carbonyl (C=O) groups is 3. The third-order valence-corrected chi connectivity index (χ3v) is 13.0. The van der Waals surface area contributed by atoms with Crippen molar-refractivity contribution < 1.29 is 28.6 Å². The van der Waals surface area contributed by atoms with Crippen LogP contribution in [0.2, 0.25) is 0 Å². The molecule has 0 saturated heterocycles. The number of ether oxygens (including phenoxy) is 3. The van der Waals surface area contributed by atoms with Gasteiger partial charge in [-0.3, -0.25) is 14.4 Å². The molecule has 0 heterocycles. The third-order valence-electron chi connectivity index (χ3n) is 13.0. The molecule has 0 aromatic rings. The number of hydrogen-bond acceptors (Lipinski definition) is 6. The second-order valence-corrected chi connectivity index (χ2v) is 19.9. The van der Waals surface area contributed by atoms with Gasteiger partial charge in [0.15, 0.2) is 6.10 Å². The van der Waals surface area contributed by atoms with Gasteiger partial charge in [0.2, 0.25) is 0 Å². The van der Waals surface area contributed by atoms with Crippen LogP contribution in [-0.4, -0.2) is 37.2 Å². The molecule has 0 N–H and O–H groups in total. The summed E-state index contributed by atoms with van der Waals surface area (Å²) in [7, 11) is 0. The number of rotatable bonds is 54. The van der Waals surface area contributed by atoms with Crippen molar-refractivity contribution in [3.8, 4) is 0 Å². The zero-order valence-electron chi connectivity index (χ0n) is 46.3. The summed E-state index contributed by atoms with van der Waals surface area (Å²) in [6, 6.07) is 0. The van der Waals surface area contributed by atoms with Crippen LogP contribution in [0.1, 0.15) is 297 Å². The van der Waals surface area contributed by atoms with E-state index in [1.807, 2.05) is 6.08 Å². The van der Waals surface area contributed by atoms with Gasteiger partial charge in [-0.15, -0.1) is 0 Å². The Bertz CT molecular complexity index is 1310. The molecule has 404 valence electrons. The third kappa shape index (κ3) is 55.8. The van der Waals surface area contributed by atoms with Gasteiger partial charge in [-0.1, -0.05) is 280 Å². The Balaban J connectivity index is 4.36. The average molecular weight is 978 g/mol. The summed E-state index contributed by atoms with van der Waals surface area (Å²) < 4.78 is 16.8. The van der Waals surface area contributed by atoms with E-state index in [9.17, 15) is 14.4 Å². The topological polar surface area (TPSA) is 78.9 Å². The lowest BCUT2D eigenvalue weighted by Gasteiger charge is -2.18. The van der Waals surface area contributed by atoms with E-state index in [1.54, 1.807) is 6.08 Å². The molecule has 6 heteroatoms. The fourth-order valence-electron chi connectivity index (χ4n) is 8.51. The maximum atomic E-state index is 12.8. The van der Waals surface area contributed by atoms with Crippen molar-refractivity contribution >= 4 is 17.9 Å². The first-order valence-corrected chi connectivity index (χ1v) is 29.9. The lowest BCUT2D eigenvalue weighted by molar-refractivity contribution is -0.166. The predicted molar refractivity (Wildman–Crippen MR) is 302 cm³/mol. The van der Waals surface area contributed by atoms with Gasteiger partial charge < -0.3 is 14.2 Å². The van der Waals surface area contributed by atoms with Gasteiger partial charge in [0.05, 0.1) is 6.42 Å². The van der Waals surface area contributed by atoms with E-state index in [-0.39, 0.29) is 31.6 Å². The highest BCUT2D eigenvalue weighted by atomic mass is 16.6. The van der Waals surface area contributed by atoms with E-state index in [2.05, 4.69) is 81.5 Å². The Labute approximate surface area is 433 Å². The predicted octanol–water partition coefficient (Wildman–Crippen LogP) is 20.2. The molecule has 0 spiro atoms. The fourth-order valence-corrected chi connectivity index (χ4v) is 8.51. The van der Waals surface area contributed by atoms with Gasteiger partial charge in [-0.2, -0.15) is 0 Å². The standard InChI is InChI=1S/C64H112O6/c1-4-7-10-13-16-19-22-25-28-29-30-31-32-33-34-35-37-39-42-45-48-51-54-57-63(66)69-60-61(59-68-62(65)56-53-50-47-44-41-38-27-24-21-18-15-12-9-6-3)70-64(67)58-55-52-49-46-43-40-36-26-23-20-17-14-11-8-5-2/h8,11,17,20,24,26-27,36,43,46,52,55,61H,4-7,9-10,12-16,18-19,21-23,25,28-35,37-42,44-45,47-51,53-54,56-60H2,1-3H3/b11-8-,20-17-,27-24-,36-26-,46-43-,55-52-. The van der Waals surface area contributed by atoms with Gasteiger partial charge in [0.25, 0.3) is 0 Å². The molecule has 0 aliphatic rings. The first kappa shape index (κ1) is 66.9. The molecule has 0 radical (unpaired) electrons. The summed E-state index contributed by atoms with van der Waals surface area (Å²) in [6.45, 7) is 6.46. The van der Waals surface area contributed by atoms with Crippen molar-refractivity contribution in [1.29, 1.82) is 0 Å². The molecule has 0 aliphatic carbocycles. The van der Waals surface area contributed by atoms with Crippen LogP contribution in [0.15, 0.2) is 72.9 Å². The first-order chi connectivity index (χ1) is 34.5. The second kappa shape index (κ2) is 58.4. The number of esters is 3. The number of allylic oxidation sites excluding steroid dienone is 11. The van der Waals surface area contributed by atoms with Crippen molar-refractivity contribution in [3.63, 3.8) is 0 Å². The zero-order chi connectivity index (χ0) is 50.7. The van der Waals surface area contributed by atoms with Crippen molar-refractivity contribution in [2.45, 2.75) is 303 Å². The first-order valence-electron chi connectivity index (χ1n) is 29.9. The molecular weight excluding hydrogens is 865 g/mol. The van der Waals surface area contributed by atoms with Gasteiger partial charge >= 0.3 is 17.9 Å². The molecule has 0 aromatic heterocycles. The van der Waals surface area contributed by atoms with Crippen molar-refractivity contribution in [2.24, 2.45) is 0 Å². The lowest BCUT2D eigenvalue weighted by atomic mass is 10.0. The minimum atomic E-state index is -0.832. The van der Waals surface area contributed by atoms with Crippen molar-refractivity contribution in [1.82, 2.24) is 0 Å². The molecule has 6 nitrogen and oxygen atoms in total. The van der Waals surface area contributed by atoms with Crippen LogP contribution in [0.4, 0.5) is 0 Å². The van der Waals surface area contributed by atoms with Crippen LogP contribution in [0.25, 0.3) is 0 Å². The summed E-state index contributed by atoms with van der Waals surface area (Å²) in [6.07, 6.45) is 75.1. The smallest absolute Gasteiger partial charge is 0.310 e. The van der Waals surface area contributed by atoms with Crippen LogP contribution in [-0.2, 0) is 28.6 Å². The molecule has 0 aliphatic heterocycles. The Hall–Kier alpha value is -3.15. The maximum Gasteiger partial charge on any atom is 0.310 e. The fraction of sp³-hybridized carbons (Fsp3) is 0.766. The van der Waals surface area contributed by atoms with Gasteiger partial charge in [0.1, 0.15) is 13.2 Å². The lowest BCUT2D eigenvalue weighted by Crippen LogP contribution is -2.30. The summed E-state index contributed by atoms with van der Waals surface area (Å²) in [5.41, 5.74) is 0. The zero-order valence-corrected chi connectivity index (χ0v) is 46.3. The molecule has 0 amide bonds. The van der Waals surface area contributed by atoms with Gasteiger partial charge in [-0.05, 0) is 70.6 Å². The molecule has 1 atom stereocenters. The summed E-state index contributed by atoms with van der Waals surface area (Å²) in [5.74, 6) is -1.04. The summed E-state index contributed by atoms with van der Waals surface area (Å²) in [4.78, 5) is 38.1. The van der Waals surface area contributed by atoms with E-state index in [4.69, 9.17) is 14.2 Å². The van der Waals surface area contributed by atoms with E-state index >= 15 is 0 Å². The van der Waals surface area contributed by atoms with Crippen LogP contribution >= 0.6 is 0 Å². The van der Waals surface area contributed by atoms with Crippen LogP contribution in [0, 0.1) is 0 Å². The molecule has 0 aromatic carbocycles. The Morgan fingerprint density at radius 1 is 0.314 bits per heavy atom. The molecule has 70 heavy (non-hydrogen) atoms. The van der Waals surface area contributed by atoms with Crippen molar-refractivity contribution in [3.05, 3.63) is 72.9 Å². The quantitative estimate of drug-likeness (QED) is 0.0261. The second-order valence-electron chi connectivity index (χ2n) is 19.9. The van der Waals surface area contributed by atoms with E-state index in [0.717, 1.165) is 83.5 Å². The molecule has 0 fully saturated rings. The highest BCUT2D eigenvalue weighted by Gasteiger charge is 2.19. The van der Waals surface area contributed by atoms with Crippen LogP contribution < -0.4 is 0 Å². The molecular formula is C64H112O6. The van der Waals surface area contributed by atoms with Crippen molar-refractivity contribution in [2.75, 3.05) is 13.2 Å². The largest absolute Gasteiger partial charge is 0.462 e. The number of unbranched alkanes of at least 4 members (excludes halogenated alkanes) is 32. The average Bonchev–Trinajstić information content (AvgIpc) is 3.36. The Morgan fingerprint density at radius 2 is 0.600 bits per heavy atom. The maximum absolute atomic E-state index is 12.8. The molecule has 0 rings (SSSR count). The van der Waals surface area contributed by atoms with E-state index in [1.165, 1.54) is 173 Å². The minimum absolute atomic E-state index is 0.0975. The Morgan fingerprint density at radius 3 is 0.929 bits per heavy atom. The number of carbonyl (C=O) groups excluding carboxylic acids is 3. The van der Waals surface area contributed by atoms with Gasteiger partial charge in [-0.25, -0.2) is 0 Å². The summed E-state index contributed by atoms with van der Waals surface area (Å²) >= 11 is 0.